The van der Waals surface area contributed by atoms with Gasteiger partial charge in [-0.2, -0.15) is 26.3 Å². The molecule has 11 heteroatoms. The van der Waals surface area contributed by atoms with E-state index in [0.717, 1.165) is 19.3 Å². The van der Waals surface area contributed by atoms with Gasteiger partial charge in [-0.25, -0.2) is 0 Å². The highest BCUT2D eigenvalue weighted by Crippen LogP contribution is 2.44. The first-order valence-corrected chi connectivity index (χ1v) is 12.2. The van der Waals surface area contributed by atoms with Crippen LogP contribution in [0.15, 0.2) is 18.2 Å². The van der Waals surface area contributed by atoms with Crippen LogP contribution in [-0.2, 0) is 28.4 Å². The van der Waals surface area contributed by atoms with E-state index in [0.29, 0.717) is 44.2 Å². The van der Waals surface area contributed by atoms with Gasteiger partial charge in [0.15, 0.2) is 0 Å². The van der Waals surface area contributed by atoms with Gasteiger partial charge in [-0.1, -0.05) is 13.8 Å². The number of halogens is 6. The van der Waals surface area contributed by atoms with Crippen LogP contribution < -0.4 is 10.6 Å². The van der Waals surface area contributed by atoms with Crippen LogP contribution in [0.4, 0.5) is 26.3 Å². The second kappa shape index (κ2) is 10.7. The molecule has 0 spiro atoms. The van der Waals surface area contributed by atoms with E-state index in [1.165, 1.54) is 11.8 Å². The van der Waals surface area contributed by atoms with Crippen molar-refractivity contribution in [2.24, 2.45) is 0 Å². The van der Waals surface area contributed by atoms with Crippen molar-refractivity contribution in [3.05, 3.63) is 34.9 Å². The number of rotatable bonds is 7. The second-order valence-electron chi connectivity index (χ2n) is 9.25. The largest absolute Gasteiger partial charge is 0.416 e. The van der Waals surface area contributed by atoms with Gasteiger partial charge in [0.25, 0.3) is 0 Å². The average molecular weight is 513 g/mol. The zero-order valence-electron chi connectivity index (χ0n) is 19.1. The lowest BCUT2D eigenvalue weighted by atomic mass is 10.0. The molecule has 34 heavy (non-hydrogen) atoms. The third-order valence-corrected chi connectivity index (χ3v) is 7.62. The van der Waals surface area contributed by atoms with Crippen molar-refractivity contribution in [1.29, 1.82) is 0 Å². The molecular formula is C23H30F6N2O2S. The summed E-state index contributed by atoms with van der Waals surface area (Å²) in [6.45, 7) is 4.88. The lowest BCUT2D eigenvalue weighted by Gasteiger charge is -2.31. The number of carbonyl (C=O) groups is 1. The first kappa shape index (κ1) is 27.1. The summed E-state index contributed by atoms with van der Waals surface area (Å²) in [6, 6.07) is 1.83. The molecule has 2 unspecified atom stereocenters. The van der Waals surface area contributed by atoms with Gasteiger partial charge in [-0.15, -0.1) is 11.8 Å². The number of hydrogen-bond acceptors (Lipinski definition) is 4. The van der Waals surface area contributed by atoms with Crippen molar-refractivity contribution >= 4 is 17.7 Å². The Morgan fingerprint density at radius 3 is 2.15 bits per heavy atom. The molecule has 2 aliphatic rings. The maximum absolute atomic E-state index is 13.3. The third-order valence-electron chi connectivity index (χ3n) is 6.14. The van der Waals surface area contributed by atoms with Crippen molar-refractivity contribution in [3.63, 3.8) is 0 Å². The fraction of sp³-hybridized carbons (Fsp3) is 0.696. The molecule has 1 amide bonds. The highest BCUT2D eigenvalue weighted by molar-refractivity contribution is 8.02. The summed E-state index contributed by atoms with van der Waals surface area (Å²) in [5, 5.41) is 6.35. The Morgan fingerprint density at radius 2 is 1.62 bits per heavy atom. The van der Waals surface area contributed by atoms with Crippen molar-refractivity contribution in [2.45, 2.75) is 86.9 Å². The van der Waals surface area contributed by atoms with E-state index in [1.807, 2.05) is 13.8 Å². The molecule has 0 radical (unpaired) electrons. The molecule has 0 bridgehead atoms. The van der Waals surface area contributed by atoms with E-state index in [1.54, 1.807) is 0 Å². The Morgan fingerprint density at radius 1 is 1.03 bits per heavy atom. The molecule has 1 saturated carbocycles. The summed E-state index contributed by atoms with van der Waals surface area (Å²) < 4.78 is 83.5. The predicted molar refractivity (Wildman–Crippen MR) is 118 cm³/mol. The molecule has 2 fully saturated rings. The summed E-state index contributed by atoms with van der Waals surface area (Å²) in [4.78, 5) is 13.3. The van der Waals surface area contributed by atoms with Gasteiger partial charge in [-0.3, -0.25) is 4.79 Å². The number of nitrogens with one attached hydrogen (secondary N) is 2. The van der Waals surface area contributed by atoms with Crippen LogP contribution in [0.3, 0.4) is 0 Å². The normalized spacial score (nSPS) is 24.6. The van der Waals surface area contributed by atoms with Gasteiger partial charge < -0.3 is 15.4 Å². The van der Waals surface area contributed by atoms with Crippen LogP contribution in [0.25, 0.3) is 0 Å². The fourth-order valence-electron chi connectivity index (χ4n) is 4.63. The Hall–Kier alpha value is -1.46. The highest BCUT2D eigenvalue weighted by atomic mass is 32.2. The zero-order valence-corrected chi connectivity index (χ0v) is 19.9. The molecule has 192 valence electrons. The minimum absolute atomic E-state index is 0.0883. The van der Waals surface area contributed by atoms with E-state index in [9.17, 15) is 31.1 Å². The smallest absolute Gasteiger partial charge is 0.381 e. The Bertz CT molecular complexity index is 823. The molecule has 3 rings (SSSR count). The molecule has 1 saturated heterocycles. The minimum Gasteiger partial charge on any atom is -0.381 e. The van der Waals surface area contributed by atoms with Crippen LogP contribution in [0.2, 0.25) is 0 Å². The van der Waals surface area contributed by atoms with Crippen LogP contribution >= 0.6 is 11.8 Å². The number of amides is 1. The number of alkyl halides is 6. The topological polar surface area (TPSA) is 50.4 Å². The lowest BCUT2D eigenvalue weighted by molar-refractivity contribution is -0.143. The van der Waals surface area contributed by atoms with E-state index >= 15 is 0 Å². The molecule has 1 aliphatic carbocycles. The van der Waals surface area contributed by atoms with Gasteiger partial charge in [0.05, 0.1) is 15.9 Å². The quantitative estimate of drug-likeness (QED) is 0.471. The average Bonchev–Trinajstić information content (AvgIpc) is 3.14. The molecule has 1 aliphatic heterocycles. The van der Waals surface area contributed by atoms with Crippen LogP contribution in [0, 0.1) is 0 Å². The summed E-state index contributed by atoms with van der Waals surface area (Å²) >= 11 is 1.50. The molecule has 2 N–H and O–H groups in total. The van der Waals surface area contributed by atoms with E-state index in [-0.39, 0.29) is 28.8 Å². The van der Waals surface area contributed by atoms with E-state index in [4.69, 9.17) is 4.74 Å². The van der Waals surface area contributed by atoms with Gasteiger partial charge in [0.1, 0.15) is 0 Å². The van der Waals surface area contributed by atoms with Crippen LogP contribution in [0.5, 0.6) is 0 Å². The Kier molecular flexibility index (Phi) is 8.50. The monoisotopic (exact) mass is 512 g/mol. The molecule has 1 aromatic carbocycles. The van der Waals surface area contributed by atoms with Gasteiger partial charge in [-0.05, 0) is 55.9 Å². The number of ether oxygens (including phenoxy) is 1. The van der Waals surface area contributed by atoms with E-state index in [2.05, 4.69) is 10.6 Å². The zero-order chi connectivity index (χ0) is 25.1. The Labute approximate surface area is 199 Å². The molecular weight excluding hydrogens is 482 g/mol. The number of carbonyl (C=O) groups excluding carboxylic acids is 1. The number of hydrogen-bond donors (Lipinski definition) is 2. The van der Waals surface area contributed by atoms with Crippen LogP contribution in [-0.4, -0.2) is 41.2 Å². The fourth-order valence-corrected chi connectivity index (χ4v) is 6.25. The maximum atomic E-state index is 13.3. The highest BCUT2D eigenvalue weighted by Gasteiger charge is 2.46. The van der Waals surface area contributed by atoms with Crippen LogP contribution in [0.1, 0.15) is 62.6 Å². The summed E-state index contributed by atoms with van der Waals surface area (Å²) in [6.07, 6.45) is -6.17. The second-order valence-corrected chi connectivity index (χ2v) is 11.2. The van der Waals surface area contributed by atoms with Crippen molar-refractivity contribution < 1.29 is 35.9 Å². The van der Waals surface area contributed by atoms with Gasteiger partial charge >= 0.3 is 12.4 Å². The number of benzene rings is 1. The molecule has 4 nitrogen and oxygen atoms in total. The van der Waals surface area contributed by atoms with Gasteiger partial charge in [0.2, 0.25) is 5.91 Å². The first-order valence-electron chi connectivity index (χ1n) is 11.4. The standard InChI is InChI=1S/C23H30F6N2O2S/c1-14(2)34-21(6-3-19(12-21)31-18-4-7-33-8-5-18)20(32)30-13-15-9-16(22(24,25)26)11-17(10-15)23(27,28)29/h9-11,14,18-19,31H,3-8,12-13H2,1-2H3,(H,30,32). The summed E-state index contributed by atoms with van der Waals surface area (Å²) in [7, 11) is 0. The Balaban J connectivity index is 1.73. The SMILES string of the molecule is CC(C)SC1(C(=O)NCc2cc(C(F)(F)F)cc(C(F)(F)F)c2)CCC(NC2CCOCC2)C1. The van der Waals surface area contributed by atoms with Crippen molar-refractivity contribution in [3.8, 4) is 0 Å². The van der Waals surface area contributed by atoms with Crippen molar-refractivity contribution in [1.82, 2.24) is 10.6 Å². The first-order chi connectivity index (χ1) is 15.8. The molecule has 2 atom stereocenters. The molecule has 1 heterocycles. The summed E-state index contributed by atoms with van der Waals surface area (Å²) in [5.74, 6) is -0.353. The molecule has 1 aromatic rings. The van der Waals surface area contributed by atoms with Crippen molar-refractivity contribution in [2.75, 3.05) is 13.2 Å². The lowest BCUT2D eigenvalue weighted by Crippen LogP contribution is -2.46. The van der Waals surface area contributed by atoms with E-state index < -0.39 is 34.8 Å². The number of thioether (sulfide) groups is 1. The predicted octanol–water partition coefficient (Wildman–Crippen LogP) is 5.54. The summed E-state index contributed by atoms with van der Waals surface area (Å²) in [5.41, 5.74) is -3.02. The minimum atomic E-state index is -4.93. The maximum Gasteiger partial charge on any atom is 0.416 e. The third kappa shape index (κ3) is 7.04. The molecule has 0 aromatic heterocycles. The van der Waals surface area contributed by atoms with Gasteiger partial charge in [0, 0.05) is 37.1 Å².